The summed E-state index contributed by atoms with van der Waals surface area (Å²) in [6.45, 7) is 10.3. The maximum atomic E-state index is 5.62. The molecule has 26 heavy (non-hydrogen) atoms. The van der Waals surface area contributed by atoms with Crippen molar-refractivity contribution < 1.29 is 0 Å². The number of hydrogen-bond donors (Lipinski definition) is 0. The molecule has 1 atom stereocenters. The molecule has 0 aliphatic carbocycles. The van der Waals surface area contributed by atoms with Crippen molar-refractivity contribution in [3.8, 4) is 24.7 Å². The van der Waals surface area contributed by atoms with Crippen LogP contribution in [0.25, 0.3) is 21.8 Å². The Hall–Kier alpha value is -2.64. The van der Waals surface area contributed by atoms with Crippen LogP contribution in [0.1, 0.15) is 51.7 Å². The maximum Gasteiger partial charge on any atom is 0.0492 e. The Morgan fingerprint density at radius 1 is 0.923 bits per heavy atom. The summed E-state index contributed by atoms with van der Waals surface area (Å²) in [6, 6.07) is 12.6. The lowest BCUT2D eigenvalue weighted by Gasteiger charge is -2.23. The summed E-state index contributed by atoms with van der Waals surface area (Å²) in [6.07, 6.45) is 13.6. The lowest BCUT2D eigenvalue weighted by atomic mass is 9.84. The van der Waals surface area contributed by atoms with Gasteiger partial charge in [-0.15, -0.1) is 12.8 Å². The minimum Gasteiger partial charge on any atom is -0.340 e. The summed E-state index contributed by atoms with van der Waals surface area (Å²) in [7, 11) is 0. The molecule has 1 aromatic heterocycles. The molecule has 0 bridgehead atoms. The van der Waals surface area contributed by atoms with Crippen LogP contribution < -0.4 is 0 Å². The van der Waals surface area contributed by atoms with Crippen LogP contribution >= 0.6 is 0 Å². The Morgan fingerprint density at radius 3 is 1.85 bits per heavy atom. The van der Waals surface area contributed by atoms with Crippen molar-refractivity contribution in [2.45, 2.75) is 47.1 Å². The molecular formula is C25H27N. The molecule has 132 valence electrons. The van der Waals surface area contributed by atoms with Crippen molar-refractivity contribution in [2.75, 3.05) is 0 Å². The molecule has 0 aliphatic rings. The highest BCUT2D eigenvalue weighted by Gasteiger charge is 2.17. The van der Waals surface area contributed by atoms with Gasteiger partial charge in [-0.05, 0) is 60.6 Å². The van der Waals surface area contributed by atoms with Crippen LogP contribution in [0, 0.1) is 36.0 Å². The van der Waals surface area contributed by atoms with E-state index in [-0.39, 0.29) is 0 Å². The number of nitrogens with zero attached hydrogens (tertiary/aromatic N) is 1. The molecule has 0 N–H and O–H groups in total. The molecule has 0 saturated heterocycles. The average molecular weight is 341 g/mol. The van der Waals surface area contributed by atoms with Crippen LogP contribution in [-0.2, 0) is 6.54 Å². The predicted molar refractivity (Wildman–Crippen MR) is 113 cm³/mol. The van der Waals surface area contributed by atoms with E-state index in [9.17, 15) is 0 Å². The Balaban J connectivity index is 2.06. The maximum absolute atomic E-state index is 5.62. The molecule has 2 aromatic carbocycles. The molecule has 0 spiro atoms. The molecule has 0 radical (unpaired) electrons. The highest BCUT2D eigenvalue weighted by atomic mass is 15.0. The second-order valence-electron chi connectivity index (χ2n) is 8.56. The van der Waals surface area contributed by atoms with E-state index >= 15 is 0 Å². The third-order valence-electron chi connectivity index (χ3n) is 5.00. The highest BCUT2D eigenvalue weighted by Crippen LogP contribution is 2.32. The molecule has 0 amide bonds. The SMILES string of the molecule is C#Cc1ccc2c(c1)c1cc(C#C)ccc1n2CCC(C)CC(C)(C)C. The molecule has 0 fully saturated rings. The lowest BCUT2D eigenvalue weighted by molar-refractivity contribution is 0.290. The van der Waals surface area contributed by atoms with Gasteiger partial charge in [0.1, 0.15) is 0 Å². The summed E-state index contributed by atoms with van der Waals surface area (Å²) in [5.74, 6) is 6.17. The normalized spacial score (nSPS) is 12.8. The smallest absolute Gasteiger partial charge is 0.0492 e. The number of terminal acetylenes is 2. The molecule has 3 rings (SSSR count). The zero-order chi connectivity index (χ0) is 18.9. The number of aryl methyl sites for hydroxylation is 1. The number of aromatic nitrogens is 1. The first kappa shape index (κ1) is 18.2. The average Bonchev–Trinajstić information content (AvgIpc) is 2.90. The van der Waals surface area contributed by atoms with Gasteiger partial charge in [0.05, 0.1) is 0 Å². The monoisotopic (exact) mass is 341 g/mol. The van der Waals surface area contributed by atoms with Crippen molar-refractivity contribution in [2.24, 2.45) is 11.3 Å². The van der Waals surface area contributed by atoms with Crippen molar-refractivity contribution >= 4 is 21.8 Å². The van der Waals surface area contributed by atoms with E-state index in [1.165, 1.54) is 28.2 Å². The molecular weight excluding hydrogens is 314 g/mol. The summed E-state index contributed by atoms with van der Waals surface area (Å²) in [5, 5.41) is 2.38. The van der Waals surface area contributed by atoms with Crippen molar-refractivity contribution in [1.82, 2.24) is 4.57 Å². The number of benzene rings is 2. The highest BCUT2D eigenvalue weighted by molar-refractivity contribution is 6.08. The minimum absolute atomic E-state index is 0.365. The van der Waals surface area contributed by atoms with Crippen LogP contribution in [0.15, 0.2) is 36.4 Å². The van der Waals surface area contributed by atoms with Crippen LogP contribution in [0.2, 0.25) is 0 Å². The van der Waals surface area contributed by atoms with Gasteiger partial charge >= 0.3 is 0 Å². The molecule has 1 unspecified atom stereocenters. The van der Waals surface area contributed by atoms with E-state index in [0.29, 0.717) is 11.3 Å². The van der Waals surface area contributed by atoms with Crippen molar-refractivity contribution in [1.29, 1.82) is 0 Å². The summed E-state index contributed by atoms with van der Waals surface area (Å²) in [5.41, 5.74) is 4.64. The second kappa shape index (κ2) is 6.93. The minimum atomic E-state index is 0.365. The third-order valence-corrected chi connectivity index (χ3v) is 5.00. The molecule has 0 aliphatic heterocycles. The van der Waals surface area contributed by atoms with E-state index in [2.05, 4.69) is 68.4 Å². The van der Waals surface area contributed by atoms with Crippen molar-refractivity contribution in [3.63, 3.8) is 0 Å². The largest absolute Gasteiger partial charge is 0.340 e. The van der Waals surface area contributed by atoms with Gasteiger partial charge in [-0.1, -0.05) is 39.5 Å². The van der Waals surface area contributed by atoms with Crippen LogP contribution in [-0.4, -0.2) is 4.57 Å². The molecule has 1 heteroatoms. The van der Waals surface area contributed by atoms with Gasteiger partial charge in [0.15, 0.2) is 0 Å². The first-order valence-corrected chi connectivity index (χ1v) is 9.31. The molecule has 1 heterocycles. The first-order chi connectivity index (χ1) is 12.3. The molecule has 3 aromatic rings. The van der Waals surface area contributed by atoms with Crippen LogP contribution in [0.4, 0.5) is 0 Å². The lowest BCUT2D eigenvalue weighted by Crippen LogP contribution is -2.13. The van der Waals surface area contributed by atoms with E-state index in [1.54, 1.807) is 0 Å². The van der Waals surface area contributed by atoms with Gasteiger partial charge in [-0.2, -0.15) is 0 Å². The fourth-order valence-electron chi connectivity index (χ4n) is 4.02. The Kier molecular flexibility index (Phi) is 4.84. The third kappa shape index (κ3) is 3.63. The Morgan fingerprint density at radius 2 is 1.42 bits per heavy atom. The summed E-state index contributed by atoms with van der Waals surface area (Å²) >= 11 is 0. The summed E-state index contributed by atoms with van der Waals surface area (Å²) < 4.78 is 2.42. The van der Waals surface area contributed by atoms with Crippen LogP contribution in [0.5, 0.6) is 0 Å². The van der Waals surface area contributed by atoms with Crippen LogP contribution in [0.3, 0.4) is 0 Å². The fraction of sp³-hybridized carbons (Fsp3) is 0.360. The summed E-state index contributed by atoms with van der Waals surface area (Å²) in [4.78, 5) is 0. The standard InChI is InChI=1S/C25H27N/c1-7-19-9-11-23-21(15-19)22-16-20(8-2)10-12-24(22)26(23)14-13-18(3)17-25(4,5)6/h1-2,9-12,15-16,18H,13-14,17H2,3-6H3. The predicted octanol–water partition coefficient (Wildman–Crippen LogP) is 6.22. The van der Waals surface area contributed by atoms with Crippen molar-refractivity contribution in [3.05, 3.63) is 47.5 Å². The van der Waals surface area contributed by atoms with Gasteiger partial charge in [0.25, 0.3) is 0 Å². The number of rotatable bonds is 4. The Labute approximate surface area is 157 Å². The molecule has 0 saturated carbocycles. The van der Waals surface area contributed by atoms with Gasteiger partial charge < -0.3 is 4.57 Å². The molecule has 1 nitrogen and oxygen atoms in total. The van der Waals surface area contributed by atoms with Gasteiger partial charge in [0.2, 0.25) is 0 Å². The number of hydrogen-bond acceptors (Lipinski definition) is 0. The van der Waals surface area contributed by atoms with E-state index < -0.39 is 0 Å². The fourth-order valence-corrected chi connectivity index (χ4v) is 4.02. The van der Waals surface area contributed by atoms with Gasteiger partial charge in [0, 0.05) is 39.5 Å². The van der Waals surface area contributed by atoms with E-state index in [4.69, 9.17) is 12.8 Å². The van der Waals surface area contributed by atoms with E-state index in [0.717, 1.165) is 24.1 Å². The van der Waals surface area contributed by atoms with E-state index in [1.807, 2.05) is 12.1 Å². The topological polar surface area (TPSA) is 4.93 Å². The zero-order valence-corrected chi connectivity index (χ0v) is 16.3. The van der Waals surface area contributed by atoms with Gasteiger partial charge in [-0.25, -0.2) is 0 Å². The number of fused-ring (bicyclic) bond motifs is 3. The van der Waals surface area contributed by atoms with Gasteiger partial charge in [-0.3, -0.25) is 0 Å². The second-order valence-corrected chi connectivity index (χ2v) is 8.56. The Bertz CT molecular complexity index is 957. The first-order valence-electron chi connectivity index (χ1n) is 9.31. The quantitative estimate of drug-likeness (QED) is 0.496. The zero-order valence-electron chi connectivity index (χ0n) is 16.3.